The number of nitrogens with zero attached hydrogens (tertiary/aromatic N) is 4. The third-order valence-corrected chi connectivity index (χ3v) is 4.11. The molecule has 3 rings (SSSR count). The Morgan fingerprint density at radius 3 is 2.52 bits per heavy atom. The summed E-state index contributed by atoms with van der Waals surface area (Å²) in [4.78, 5) is 38.5. The molecule has 0 atom stereocenters. The molecule has 0 radical (unpaired) electrons. The molecule has 144 valence electrons. The van der Waals surface area contributed by atoms with Crippen molar-refractivity contribution in [3.05, 3.63) is 45.0 Å². The number of hydrogen-bond donors (Lipinski definition) is 1. The van der Waals surface area contributed by atoms with Crippen molar-refractivity contribution in [1.82, 2.24) is 19.7 Å². The van der Waals surface area contributed by atoms with Gasteiger partial charge in [0.25, 0.3) is 0 Å². The highest BCUT2D eigenvalue weighted by molar-refractivity contribution is 5.75. The minimum Gasteiger partial charge on any atom is -0.494 e. The number of carbonyl (C=O) groups is 1. The molecule has 9 nitrogen and oxygen atoms in total. The van der Waals surface area contributed by atoms with Crippen molar-refractivity contribution in [2.75, 3.05) is 18.1 Å². The maximum atomic E-state index is 12.4. The number of benzene rings is 1. The van der Waals surface area contributed by atoms with Crippen LogP contribution in [-0.2, 0) is 17.9 Å². The molecule has 9 heteroatoms. The van der Waals surface area contributed by atoms with Crippen LogP contribution in [-0.4, -0.2) is 39.4 Å². The van der Waals surface area contributed by atoms with Crippen LogP contribution in [0.3, 0.4) is 0 Å². The van der Waals surface area contributed by atoms with Crippen LogP contribution in [0.25, 0.3) is 0 Å². The summed E-state index contributed by atoms with van der Waals surface area (Å²) in [6, 6.07) is 7.35. The number of rotatable bonds is 6. The highest BCUT2D eigenvalue weighted by Gasteiger charge is 2.26. The van der Waals surface area contributed by atoms with Gasteiger partial charge in [0.1, 0.15) is 12.3 Å². The second-order valence-corrected chi connectivity index (χ2v) is 6.52. The van der Waals surface area contributed by atoms with Gasteiger partial charge in [-0.15, -0.1) is 5.10 Å². The number of nitrogens with one attached hydrogen (secondary N) is 1. The van der Waals surface area contributed by atoms with Crippen molar-refractivity contribution in [3.63, 3.8) is 0 Å². The third kappa shape index (κ3) is 3.86. The lowest BCUT2D eigenvalue weighted by molar-refractivity contribution is -0.122. The molecule has 2 aromatic rings. The average molecular weight is 373 g/mol. The first-order valence-electron chi connectivity index (χ1n) is 8.92. The quantitative estimate of drug-likeness (QED) is 0.740. The fraction of sp³-hybridized carbons (Fsp3) is 0.444. The molecule has 1 aromatic heterocycles. The Hall–Kier alpha value is -3.10. The van der Waals surface area contributed by atoms with E-state index in [9.17, 15) is 14.4 Å². The Balaban J connectivity index is 1.94. The fourth-order valence-corrected chi connectivity index (χ4v) is 2.97. The Morgan fingerprint density at radius 2 is 1.89 bits per heavy atom. The molecule has 1 amide bonds. The lowest BCUT2D eigenvalue weighted by Gasteiger charge is -2.18. The number of aromatic nitrogens is 3. The summed E-state index contributed by atoms with van der Waals surface area (Å²) >= 11 is 0. The molecule has 27 heavy (non-hydrogen) atoms. The molecule has 0 saturated heterocycles. The van der Waals surface area contributed by atoms with Crippen LogP contribution in [0.5, 0.6) is 5.75 Å². The summed E-state index contributed by atoms with van der Waals surface area (Å²) in [5.74, 6) is 0.733. The Kier molecular flexibility index (Phi) is 5.29. The highest BCUT2D eigenvalue weighted by Crippen LogP contribution is 2.27. The van der Waals surface area contributed by atoms with Gasteiger partial charge in [-0.05, 0) is 45.0 Å². The van der Waals surface area contributed by atoms with Gasteiger partial charge in [-0.25, -0.2) is 4.68 Å². The Bertz CT molecular complexity index is 946. The smallest absolute Gasteiger partial charge is 0.333 e. The summed E-state index contributed by atoms with van der Waals surface area (Å²) < 4.78 is 7.72. The van der Waals surface area contributed by atoms with Gasteiger partial charge >= 0.3 is 11.1 Å². The molecule has 0 fully saturated rings. The van der Waals surface area contributed by atoms with Crippen molar-refractivity contribution in [2.45, 2.75) is 39.9 Å². The van der Waals surface area contributed by atoms with E-state index in [1.54, 1.807) is 0 Å². The number of hydrogen-bond acceptors (Lipinski definition) is 6. The second kappa shape index (κ2) is 7.65. The number of ether oxygens (including phenoxy) is 1. The van der Waals surface area contributed by atoms with Gasteiger partial charge in [0.05, 0.1) is 6.61 Å². The normalized spacial score (nSPS) is 13.0. The standard InChI is InChI=1S/C18H23N5O4/c1-4-27-14-7-5-13(6-8-14)21-9-10-22-16(25)17(26)23(20-18(21)22)11-15(24)19-12(2)3/h5-8,12H,4,9-11H2,1-3H3,(H,19,24). The molecular formula is C18H23N5O4. The average Bonchev–Trinajstić information content (AvgIpc) is 3.03. The van der Waals surface area contributed by atoms with Crippen molar-refractivity contribution in [1.29, 1.82) is 0 Å². The predicted molar refractivity (Wildman–Crippen MR) is 101 cm³/mol. The van der Waals surface area contributed by atoms with E-state index in [4.69, 9.17) is 4.74 Å². The van der Waals surface area contributed by atoms with Gasteiger partial charge in [-0.2, -0.15) is 0 Å². The lowest BCUT2D eigenvalue weighted by atomic mass is 10.3. The van der Waals surface area contributed by atoms with E-state index >= 15 is 0 Å². The van der Waals surface area contributed by atoms with E-state index in [0.717, 1.165) is 16.1 Å². The van der Waals surface area contributed by atoms with Gasteiger partial charge < -0.3 is 15.0 Å². The maximum Gasteiger partial charge on any atom is 0.333 e. The fourth-order valence-electron chi connectivity index (χ4n) is 2.97. The molecule has 0 saturated carbocycles. The summed E-state index contributed by atoms with van der Waals surface area (Å²) in [6.07, 6.45) is 0. The van der Waals surface area contributed by atoms with Crippen molar-refractivity contribution in [2.24, 2.45) is 0 Å². The maximum absolute atomic E-state index is 12.4. The molecule has 1 aliphatic rings. The number of carbonyl (C=O) groups excluding carboxylic acids is 1. The van der Waals surface area contributed by atoms with E-state index in [1.807, 2.05) is 49.9 Å². The SMILES string of the molecule is CCOc1ccc(N2CCn3c2nn(CC(=O)NC(C)C)c(=O)c3=O)cc1. The van der Waals surface area contributed by atoms with Crippen LogP contribution in [0.2, 0.25) is 0 Å². The van der Waals surface area contributed by atoms with Gasteiger partial charge in [0, 0.05) is 24.8 Å². The number of amides is 1. The second-order valence-electron chi connectivity index (χ2n) is 6.52. The molecule has 0 aliphatic carbocycles. The summed E-state index contributed by atoms with van der Waals surface area (Å²) in [5.41, 5.74) is -0.648. The molecule has 0 spiro atoms. The zero-order chi connectivity index (χ0) is 19.6. The highest BCUT2D eigenvalue weighted by atomic mass is 16.5. The number of fused-ring (bicyclic) bond motifs is 1. The largest absolute Gasteiger partial charge is 0.494 e. The summed E-state index contributed by atoms with van der Waals surface area (Å²) in [7, 11) is 0. The number of anilines is 2. The monoisotopic (exact) mass is 373 g/mol. The van der Waals surface area contributed by atoms with Crippen LogP contribution in [0.15, 0.2) is 33.9 Å². The van der Waals surface area contributed by atoms with E-state index < -0.39 is 11.1 Å². The van der Waals surface area contributed by atoms with Crippen LogP contribution in [0.1, 0.15) is 20.8 Å². The first kappa shape index (κ1) is 18.7. The summed E-state index contributed by atoms with van der Waals surface area (Å²) in [6.45, 7) is 6.71. The van der Waals surface area contributed by atoms with Crippen LogP contribution in [0, 0.1) is 0 Å². The molecular weight excluding hydrogens is 350 g/mol. The summed E-state index contributed by atoms with van der Waals surface area (Å²) in [5, 5.41) is 6.97. The van der Waals surface area contributed by atoms with E-state index in [1.165, 1.54) is 4.57 Å². The first-order valence-corrected chi connectivity index (χ1v) is 8.92. The van der Waals surface area contributed by atoms with E-state index in [2.05, 4.69) is 10.4 Å². The lowest BCUT2D eigenvalue weighted by Crippen LogP contribution is -2.45. The van der Waals surface area contributed by atoms with Crippen molar-refractivity contribution < 1.29 is 9.53 Å². The van der Waals surface area contributed by atoms with Crippen LogP contribution >= 0.6 is 0 Å². The molecule has 2 heterocycles. The first-order chi connectivity index (χ1) is 12.9. The van der Waals surface area contributed by atoms with E-state index in [0.29, 0.717) is 25.6 Å². The predicted octanol–water partition coefficient (Wildman–Crippen LogP) is 0.480. The van der Waals surface area contributed by atoms with Gasteiger partial charge in [0.2, 0.25) is 11.9 Å². The molecule has 0 bridgehead atoms. The minimum absolute atomic E-state index is 0.0657. The topological polar surface area (TPSA) is 98.5 Å². The van der Waals surface area contributed by atoms with Gasteiger partial charge in [-0.3, -0.25) is 19.0 Å². The molecule has 1 aliphatic heterocycles. The zero-order valence-electron chi connectivity index (χ0n) is 15.6. The van der Waals surface area contributed by atoms with Crippen molar-refractivity contribution >= 4 is 17.5 Å². The van der Waals surface area contributed by atoms with Crippen LogP contribution in [0.4, 0.5) is 11.6 Å². The Labute approximate surface area is 156 Å². The molecule has 0 unspecified atom stereocenters. The van der Waals surface area contributed by atoms with Gasteiger partial charge in [-0.1, -0.05) is 0 Å². The van der Waals surface area contributed by atoms with E-state index in [-0.39, 0.29) is 18.5 Å². The minimum atomic E-state index is -0.800. The van der Waals surface area contributed by atoms with Gasteiger partial charge in [0.15, 0.2) is 0 Å². The Morgan fingerprint density at radius 1 is 1.19 bits per heavy atom. The van der Waals surface area contributed by atoms with Crippen LogP contribution < -0.4 is 26.1 Å². The molecule has 1 aromatic carbocycles. The molecule has 1 N–H and O–H groups in total. The zero-order valence-corrected chi connectivity index (χ0v) is 15.6. The third-order valence-electron chi connectivity index (χ3n) is 4.11. The van der Waals surface area contributed by atoms with Crippen molar-refractivity contribution in [3.8, 4) is 5.75 Å².